The molecule has 0 atom stereocenters. The Kier molecular flexibility index (Phi) is 3.62. The van der Waals surface area contributed by atoms with Crippen molar-refractivity contribution in [2.24, 2.45) is 0 Å². The molecule has 2 aromatic rings. The van der Waals surface area contributed by atoms with Gasteiger partial charge in [0.05, 0.1) is 23.2 Å². The fraction of sp³-hybridized carbons (Fsp3) is 0.385. The van der Waals surface area contributed by atoms with Gasteiger partial charge >= 0.3 is 5.97 Å². The standard InChI is InChI=1S/C13H16N2O3/c1-3-12-14-10-5-4-9(13(16)17)8-11(10)15(12)6-7-18-2/h4-5,8H,3,6-7H2,1-2H3,(H,16,17). The molecule has 18 heavy (non-hydrogen) atoms. The number of carbonyl (C=O) groups is 1. The number of benzene rings is 1. The summed E-state index contributed by atoms with van der Waals surface area (Å²) >= 11 is 0. The van der Waals surface area contributed by atoms with Gasteiger partial charge in [0.2, 0.25) is 0 Å². The number of aromatic carboxylic acids is 1. The fourth-order valence-electron chi connectivity index (χ4n) is 2.01. The first-order valence-corrected chi connectivity index (χ1v) is 5.88. The van der Waals surface area contributed by atoms with Crippen molar-refractivity contribution in [1.29, 1.82) is 0 Å². The summed E-state index contributed by atoms with van der Waals surface area (Å²) in [5.41, 5.74) is 1.96. The highest BCUT2D eigenvalue weighted by Gasteiger charge is 2.11. The van der Waals surface area contributed by atoms with Crippen LogP contribution in [0.4, 0.5) is 0 Å². The molecule has 0 fully saturated rings. The first kappa shape index (κ1) is 12.6. The van der Waals surface area contributed by atoms with Crippen LogP contribution in [0, 0.1) is 0 Å². The summed E-state index contributed by atoms with van der Waals surface area (Å²) in [7, 11) is 1.65. The van der Waals surface area contributed by atoms with Gasteiger partial charge < -0.3 is 14.4 Å². The third-order valence-electron chi connectivity index (χ3n) is 2.91. The van der Waals surface area contributed by atoms with Crippen molar-refractivity contribution in [2.75, 3.05) is 13.7 Å². The summed E-state index contributed by atoms with van der Waals surface area (Å²) in [6.07, 6.45) is 0.806. The van der Waals surface area contributed by atoms with Crippen molar-refractivity contribution >= 4 is 17.0 Å². The minimum Gasteiger partial charge on any atom is -0.478 e. The van der Waals surface area contributed by atoms with E-state index in [1.165, 1.54) is 0 Å². The Morgan fingerprint density at radius 1 is 1.50 bits per heavy atom. The largest absolute Gasteiger partial charge is 0.478 e. The summed E-state index contributed by atoms with van der Waals surface area (Å²) in [6, 6.07) is 5.00. The van der Waals surface area contributed by atoms with Crippen LogP contribution in [0.25, 0.3) is 11.0 Å². The Bertz CT molecular complexity index is 575. The van der Waals surface area contributed by atoms with Crippen LogP contribution in [0.15, 0.2) is 18.2 Å². The van der Waals surface area contributed by atoms with E-state index in [2.05, 4.69) is 4.98 Å². The van der Waals surface area contributed by atoms with Crippen LogP contribution in [-0.2, 0) is 17.7 Å². The maximum Gasteiger partial charge on any atom is 0.335 e. The lowest BCUT2D eigenvalue weighted by atomic mass is 10.2. The molecule has 0 aliphatic rings. The molecule has 0 radical (unpaired) electrons. The highest BCUT2D eigenvalue weighted by Crippen LogP contribution is 2.18. The molecule has 0 saturated carbocycles. The molecule has 5 nitrogen and oxygen atoms in total. The first-order chi connectivity index (χ1) is 8.67. The van der Waals surface area contributed by atoms with Gasteiger partial charge in [0.25, 0.3) is 0 Å². The Morgan fingerprint density at radius 2 is 2.28 bits per heavy atom. The molecule has 0 amide bonds. The summed E-state index contributed by atoms with van der Waals surface area (Å²) < 4.78 is 7.10. The van der Waals surface area contributed by atoms with Gasteiger partial charge in [-0.15, -0.1) is 0 Å². The van der Waals surface area contributed by atoms with Crippen LogP contribution in [0.1, 0.15) is 23.1 Å². The molecular formula is C13H16N2O3. The number of carboxylic acid groups (broad SMARTS) is 1. The van der Waals surface area contributed by atoms with E-state index < -0.39 is 5.97 Å². The van der Waals surface area contributed by atoms with E-state index in [4.69, 9.17) is 9.84 Å². The van der Waals surface area contributed by atoms with Crippen molar-refractivity contribution in [3.8, 4) is 0 Å². The van der Waals surface area contributed by atoms with E-state index in [-0.39, 0.29) is 5.56 Å². The topological polar surface area (TPSA) is 64.3 Å². The molecule has 0 unspecified atom stereocenters. The summed E-state index contributed by atoms with van der Waals surface area (Å²) in [5, 5.41) is 9.02. The quantitative estimate of drug-likeness (QED) is 0.878. The monoisotopic (exact) mass is 248 g/mol. The van der Waals surface area contributed by atoms with Gasteiger partial charge in [-0.3, -0.25) is 0 Å². The number of imidazole rings is 1. The van der Waals surface area contributed by atoms with Gasteiger partial charge in [0.1, 0.15) is 5.82 Å². The molecule has 1 N–H and O–H groups in total. The zero-order valence-electron chi connectivity index (χ0n) is 10.5. The van der Waals surface area contributed by atoms with E-state index in [0.717, 1.165) is 23.3 Å². The van der Waals surface area contributed by atoms with E-state index in [1.807, 2.05) is 11.5 Å². The lowest BCUT2D eigenvalue weighted by molar-refractivity contribution is 0.0697. The molecular weight excluding hydrogens is 232 g/mol. The second-order valence-corrected chi connectivity index (χ2v) is 4.03. The number of fused-ring (bicyclic) bond motifs is 1. The number of aromatic nitrogens is 2. The summed E-state index contributed by atoms with van der Waals surface area (Å²) in [6.45, 7) is 3.29. The predicted octanol–water partition coefficient (Wildman–Crippen LogP) is 1.94. The maximum absolute atomic E-state index is 11.0. The van der Waals surface area contributed by atoms with Crippen LogP contribution >= 0.6 is 0 Å². The average molecular weight is 248 g/mol. The normalized spacial score (nSPS) is 11.0. The van der Waals surface area contributed by atoms with Crippen molar-refractivity contribution in [3.63, 3.8) is 0 Å². The van der Waals surface area contributed by atoms with Crippen molar-refractivity contribution in [2.45, 2.75) is 19.9 Å². The highest BCUT2D eigenvalue weighted by atomic mass is 16.5. The van der Waals surface area contributed by atoms with Crippen molar-refractivity contribution < 1.29 is 14.6 Å². The molecule has 0 bridgehead atoms. The van der Waals surface area contributed by atoms with Gasteiger partial charge in [-0.05, 0) is 18.2 Å². The number of hydrogen-bond donors (Lipinski definition) is 1. The van der Waals surface area contributed by atoms with Crippen LogP contribution in [-0.4, -0.2) is 34.3 Å². The number of aryl methyl sites for hydroxylation is 1. The fourth-order valence-corrected chi connectivity index (χ4v) is 2.01. The third kappa shape index (κ3) is 2.22. The smallest absolute Gasteiger partial charge is 0.335 e. The molecule has 1 aromatic carbocycles. The molecule has 0 saturated heterocycles. The zero-order chi connectivity index (χ0) is 13.1. The molecule has 0 spiro atoms. The molecule has 1 aromatic heterocycles. The molecule has 96 valence electrons. The minimum atomic E-state index is -0.922. The number of methoxy groups -OCH3 is 1. The highest BCUT2D eigenvalue weighted by molar-refractivity contribution is 5.92. The van der Waals surface area contributed by atoms with E-state index in [1.54, 1.807) is 25.3 Å². The van der Waals surface area contributed by atoms with Gasteiger partial charge in [0.15, 0.2) is 0 Å². The Labute approximate surface area is 105 Å². The number of nitrogens with zero attached hydrogens (tertiary/aromatic N) is 2. The molecule has 1 heterocycles. The number of hydrogen-bond acceptors (Lipinski definition) is 3. The Hall–Kier alpha value is -1.88. The van der Waals surface area contributed by atoms with Gasteiger partial charge in [-0.1, -0.05) is 6.92 Å². The van der Waals surface area contributed by atoms with Crippen molar-refractivity contribution in [1.82, 2.24) is 9.55 Å². The van der Waals surface area contributed by atoms with Crippen LogP contribution < -0.4 is 0 Å². The van der Waals surface area contributed by atoms with Crippen LogP contribution in [0.2, 0.25) is 0 Å². The second kappa shape index (κ2) is 5.18. The Balaban J connectivity index is 2.55. The van der Waals surface area contributed by atoms with E-state index >= 15 is 0 Å². The number of rotatable bonds is 5. The van der Waals surface area contributed by atoms with E-state index in [9.17, 15) is 4.79 Å². The second-order valence-electron chi connectivity index (χ2n) is 4.03. The Morgan fingerprint density at radius 3 is 2.89 bits per heavy atom. The zero-order valence-corrected chi connectivity index (χ0v) is 10.5. The van der Waals surface area contributed by atoms with Crippen LogP contribution in [0.5, 0.6) is 0 Å². The average Bonchev–Trinajstić information content (AvgIpc) is 2.73. The predicted molar refractivity (Wildman–Crippen MR) is 67.9 cm³/mol. The summed E-state index contributed by atoms with van der Waals surface area (Å²) in [5.74, 6) is 0.0269. The van der Waals surface area contributed by atoms with Gasteiger partial charge in [0, 0.05) is 20.1 Å². The number of carboxylic acids is 1. The van der Waals surface area contributed by atoms with Crippen molar-refractivity contribution in [3.05, 3.63) is 29.6 Å². The molecule has 0 aliphatic heterocycles. The lowest BCUT2D eigenvalue weighted by Crippen LogP contribution is -2.08. The van der Waals surface area contributed by atoms with Gasteiger partial charge in [-0.2, -0.15) is 0 Å². The maximum atomic E-state index is 11.0. The number of ether oxygens (including phenoxy) is 1. The molecule has 2 rings (SSSR count). The first-order valence-electron chi connectivity index (χ1n) is 5.88. The van der Waals surface area contributed by atoms with Crippen LogP contribution in [0.3, 0.4) is 0 Å². The van der Waals surface area contributed by atoms with Gasteiger partial charge in [-0.25, -0.2) is 9.78 Å². The molecule has 5 heteroatoms. The summed E-state index contributed by atoms with van der Waals surface area (Å²) in [4.78, 5) is 15.5. The minimum absolute atomic E-state index is 0.281. The molecule has 0 aliphatic carbocycles. The lowest BCUT2D eigenvalue weighted by Gasteiger charge is -2.07. The van der Waals surface area contributed by atoms with E-state index in [0.29, 0.717) is 13.2 Å². The SMILES string of the molecule is CCc1nc2ccc(C(=O)O)cc2n1CCOC. The third-order valence-corrected chi connectivity index (χ3v) is 2.91.